The number of quaternary nitrogens is 1. The van der Waals surface area contributed by atoms with E-state index in [1.807, 2.05) is 20.8 Å². The van der Waals surface area contributed by atoms with Crippen LogP contribution in [0.1, 0.15) is 47.0 Å². The Balaban J connectivity index is 6.10. The van der Waals surface area contributed by atoms with Crippen LogP contribution in [0.3, 0.4) is 0 Å². The summed E-state index contributed by atoms with van der Waals surface area (Å²) in [5.41, 5.74) is 0. The molecule has 0 bridgehead atoms. The van der Waals surface area contributed by atoms with Gasteiger partial charge < -0.3 is 29.2 Å². The predicted octanol–water partition coefficient (Wildman–Crippen LogP) is 1.68. The number of carbonyl (C=O) groups is 1. The lowest BCUT2D eigenvalue weighted by Crippen LogP contribution is -2.57. The molecule has 12 heteroatoms. The van der Waals surface area contributed by atoms with E-state index in [4.69, 9.17) is 0 Å². The van der Waals surface area contributed by atoms with E-state index < -0.39 is 30.6 Å². The zero-order chi connectivity index (χ0) is 20.8. The molecule has 0 heterocycles. The van der Waals surface area contributed by atoms with Crippen LogP contribution in [0.15, 0.2) is 0 Å². The number of unbranched alkanes of at least 4 members (excludes halogenated alkanes) is 2. The molecule has 9 nitrogen and oxygen atoms in total. The molecule has 0 aromatic carbocycles. The molecule has 1 unspecified atom stereocenters. The molecule has 0 fully saturated rings. The van der Waals surface area contributed by atoms with Crippen molar-refractivity contribution in [3.05, 3.63) is 0 Å². The molecule has 0 saturated carbocycles. The van der Waals surface area contributed by atoms with Gasteiger partial charge in [-0.2, -0.15) is 0 Å². The maximum absolute atomic E-state index is 11.9. The van der Waals surface area contributed by atoms with Gasteiger partial charge in [-0.25, -0.2) is 0 Å². The Morgan fingerprint density at radius 3 is 1.81 bits per heavy atom. The summed E-state index contributed by atoms with van der Waals surface area (Å²) in [4.78, 5) is 49.8. The van der Waals surface area contributed by atoms with Crippen molar-refractivity contribution >= 4 is 32.1 Å². The molecule has 0 aliphatic heterocycles. The fourth-order valence-corrected chi connectivity index (χ4v) is 7.28. The van der Waals surface area contributed by atoms with Crippen LogP contribution in [0, 0.1) is 0 Å². The van der Waals surface area contributed by atoms with Gasteiger partial charge in [0.25, 0.3) is 5.08 Å². The standard InChI is InChI=1S/C14H31NO8P2S/c1-5-8-9-10-15(6-2,7-3)11-13(26-12(4)16)14(17,24(18,19)20)25(21,22)23/h13,17H,5-11H2,1-4H3,(H3-,18,19,20,21,22,23)/p+1. The van der Waals surface area contributed by atoms with Crippen LogP contribution >= 0.6 is 27.0 Å². The summed E-state index contributed by atoms with van der Waals surface area (Å²) >= 11 is 0.368. The molecule has 0 spiro atoms. The van der Waals surface area contributed by atoms with Gasteiger partial charge in [-0.3, -0.25) is 13.9 Å². The van der Waals surface area contributed by atoms with Crippen LogP contribution in [0.5, 0.6) is 0 Å². The fourth-order valence-electron chi connectivity index (χ4n) is 2.92. The summed E-state index contributed by atoms with van der Waals surface area (Å²) in [6.45, 7) is 8.42. The van der Waals surface area contributed by atoms with Gasteiger partial charge in [-0.15, -0.1) is 0 Å². The first-order valence-corrected chi connectivity index (χ1v) is 12.7. The van der Waals surface area contributed by atoms with Crippen LogP contribution in [0.25, 0.3) is 0 Å². The van der Waals surface area contributed by atoms with Gasteiger partial charge in [0.05, 0.1) is 26.2 Å². The summed E-state index contributed by atoms with van der Waals surface area (Å²) in [6.07, 6.45) is 2.72. The second kappa shape index (κ2) is 10.1. The molecule has 0 aromatic heterocycles. The minimum absolute atomic E-state index is 0.145. The fraction of sp³-hybridized carbons (Fsp3) is 0.929. The Bertz CT molecular complexity index is 535. The van der Waals surface area contributed by atoms with E-state index in [1.54, 1.807) is 0 Å². The first-order valence-electron chi connectivity index (χ1n) is 8.56. The quantitative estimate of drug-likeness (QED) is 0.175. The van der Waals surface area contributed by atoms with Gasteiger partial charge in [-0.1, -0.05) is 25.1 Å². The molecule has 0 amide bonds. The number of hydrogen-bond acceptors (Lipinski definition) is 5. The highest BCUT2D eigenvalue weighted by molar-refractivity contribution is 8.14. The van der Waals surface area contributed by atoms with Crippen molar-refractivity contribution in [2.75, 3.05) is 26.2 Å². The maximum atomic E-state index is 11.9. The highest BCUT2D eigenvalue weighted by atomic mass is 32.2. The number of carbonyl (C=O) groups excluding carboxylic acids is 1. The topological polar surface area (TPSA) is 152 Å². The van der Waals surface area contributed by atoms with Crippen molar-refractivity contribution in [2.45, 2.75) is 57.3 Å². The number of hydrogen-bond donors (Lipinski definition) is 5. The van der Waals surface area contributed by atoms with Crippen LogP contribution in [0.2, 0.25) is 0 Å². The molecular weight excluding hydrogens is 404 g/mol. The van der Waals surface area contributed by atoms with Gasteiger partial charge >= 0.3 is 15.2 Å². The van der Waals surface area contributed by atoms with E-state index >= 15 is 0 Å². The molecule has 0 aliphatic rings. The first-order chi connectivity index (χ1) is 11.7. The van der Waals surface area contributed by atoms with Gasteiger partial charge in [0.15, 0.2) is 5.12 Å². The van der Waals surface area contributed by atoms with E-state index in [0.717, 1.165) is 26.2 Å². The average Bonchev–Trinajstić information content (AvgIpc) is 2.49. The van der Waals surface area contributed by atoms with Crippen LogP contribution in [0.4, 0.5) is 0 Å². The van der Waals surface area contributed by atoms with Crippen molar-refractivity contribution in [2.24, 2.45) is 0 Å². The lowest BCUT2D eigenvalue weighted by atomic mass is 10.2. The molecule has 156 valence electrons. The van der Waals surface area contributed by atoms with E-state index in [9.17, 15) is 38.6 Å². The highest BCUT2D eigenvalue weighted by Crippen LogP contribution is 2.70. The van der Waals surface area contributed by atoms with Gasteiger partial charge in [0.2, 0.25) is 0 Å². The molecule has 0 saturated heterocycles. The Morgan fingerprint density at radius 2 is 1.50 bits per heavy atom. The van der Waals surface area contributed by atoms with E-state index in [1.165, 1.54) is 0 Å². The second-order valence-corrected chi connectivity index (χ2v) is 11.7. The molecule has 1 atom stereocenters. The largest absolute Gasteiger partial charge is 0.370 e. The third-order valence-corrected chi connectivity index (χ3v) is 10.1. The van der Waals surface area contributed by atoms with E-state index in [-0.39, 0.29) is 11.0 Å². The van der Waals surface area contributed by atoms with Crippen molar-refractivity contribution in [1.82, 2.24) is 0 Å². The molecule has 26 heavy (non-hydrogen) atoms. The first kappa shape index (κ1) is 26.2. The van der Waals surface area contributed by atoms with Crippen LogP contribution in [-0.2, 0) is 13.9 Å². The van der Waals surface area contributed by atoms with E-state index in [0.29, 0.717) is 31.4 Å². The normalized spacial score (nSPS) is 15.1. The number of thioether (sulfide) groups is 1. The minimum Gasteiger partial charge on any atom is -0.366 e. The Hall–Kier alpha value is 0.240. The summed E-state index contributed by atoms with van der Waals surface area (Å²) in [5.74, 6) is 0. The summed E-state index contributed by atoms with van der Waals surface area (Å²) < 4.78 is 24.0. The van der Waals surface area contributed by atoms with Crippen molar-refractivity contribution < 1.29 is 43.1 Å². The Labute approximate surface area is 159 Å². The Morgan fingerprint density at radius 1 is 1.04 bits per heavy atom. The monoisotopic (exact) mass is 436 g/mol. The predicted molar refractivity (Wildman–Crippen MR) is 102 cm³/mol. The van der Waals surface area contributed by atoms with E-state index in [2.05, 4.69) is 0 Å². The zero-order valence-corrected chi connectivity index (χ0v) is 18.3. The molecule has 0 aliphatic carbocycles. The maximum Gasteiger partial charge on any atom is 0.370 e. The molecule has 5 N–H and O–H groups in total. The van der Waals surface area contributed by atoms with Gasteiger partial charge in [0, 0.05) is 6.92 Å². The van der Waals surface area contributed by atoms with Gasteiger partial charge in [-0.05, 0) is 26.7 Å². The van der Waals surface area contributed by atoms with Crippen molar-refractivity contribution in [1.29, 1.82) is 0 Å². The lowest BCUT2D eigenvalue weighted by molar-refractivity contribution is -0.924. The Kier molecular flexibility index (Phi) is 10.2. The zero-order valence-electron chi connectivity index (χ0n) is 15.7. The third-order valence-electron chi connectivity index (χ3n) is 4.73. The number of aliphatic hydroxyl groups is 1. The molecule has 0 radical (unpaired) electrons. The number of nitrogens with zero attached hydrogens (tertiary/aromatic N) is 1. The SMILES string of the molecule is CCCCC[N+](CC)(CC)CC(SC(C)=O)C(O)(P(=O)(O)O)P(=O)(O)O. The molecule has 0 rings (SSSR count). The van der Waals surface area contributed by atoms with Crippen molar-refractivity contribution in [3.8, 4) is 0 Å². The lowest BCUT2D eigenvalue weighted by Gasteiger charge is -2.43. The second-order valence-electron chi connectivity index (χ2n) is 6.46. The highest BCUT2D eigenvalue weighted by Gasteiger charge is 2.66. The summed E-state index contributed by atoms with van der Waals surface area (Å²) in [7, 11) is -11.3. The summed E-state index contributed by atoms with van der Waals surface area (Å²) in [5, 5.41) is 4.65. The minimum atomic E-state index is -5.65. The smallest absolute Gasteiger partial charge is 0.366 e. The number of rotatable bonds is 12. The molecular formula is C14H32NO8P2S+. The van der Waals surface area contributed by atoms with Gasteiger partial charge in [0.1, 0.15) is 5.25 Å². The summed E-state index contributed by atoms with van der Waals surface area (Å²) in [6, 6.07) is 0. The average molecular weight is 436 g/mol. The third kappa shape index (κ3) is 6.40. The van der Waals surface area contributed by atoms with Crippen molar-refractivity contribution in [3.63, 3.8) is 0 Å². The van der Waals surface area contributed by atoms with Crippen LogP contribution < -0.4 is 0 Å². The molecule has 0 aromatic rings. The van der Waals surface area contributed by atoms with Crippen LogP contribution in [-0.4, -0.2) is 70.8 Å².